The van der Waals surface area contributed by atoms with E-state index in [1.807, 2.05) is 37.7 Å². The Hall–Kier alpha value is -1.85. The first-order valence-electron chi connectivity index (χ1n) is 6.02. The molecule has 2 heterocycles. The second kappa shape index (κ2) is 4.80. The highest BCUT2D eigenvalue weighted by atomic mass is 16.2. The SMILES string of the molecule is Cc1cnc(N2CC(=O)N[C@@H](C)C2)nc1N(C)C. The zero-order chi connectivity index (χ0) is 13.3. The van der Waals surface area contributed by atoms with Crippen LogP contribution in [0, 0.1) is 6.92 Å². The largest absolute Gasteiger partial charge is 0.362 e. The number of anilines is 2. The van der Waals surface area contributed by atoms with Gasteiger partial charge in [0.25, 0.3) is 0 Å². The molecule has 6 nitrogen and oxygen atoms in total. The average molecular weight is 249 g/mol. The van der Waals surface area contributed by atoms with Crippen molar-refractivity contribution in [2.24, 2.45) is 0 Å². The van der Waals surface area contributed by atoms with E-state index in [-0.39, 0.29) is 11.9 Å². The smallest absolute Gasteiger partial charge is 0.239 e. The van der Waals surface area contributed by atoms with Crippen LogP contribution >= 0.6 is 0 Å². The minimum atomic E-state index is 0.0179. The van der Waals surface area contributed by atoms with Gasteiger partial charge in [-0.1, -0.05) is 0 Å². The molecule has 1 aromatic heterocycles. The van der Waals surface area contributed by atoms with Crippen molar-refractivity contribution in [3.63, 3.8) is 0 Å². The first kappa shape index (κ1) is 12.6. The van der Waals surface area contributed by atoms with Crippen LogP contribution in [-0.4, -0.2) is 49.1 Å². The number of carbonyl (C=O) groups excluding carboxylic acids is 1. The number of hydrogen-bond donors (Lipinski definition) is 1. The Kier molecular flexibility index (Phi) is 3.36. The van der Waals surface area contributed by atoms with Crippen LogP contribution in [0.5, 0.6) is 0 Å². The van der Waals surface area contributed by atoms with E-state index in [0.717, 1.165) is 17.9 Å². The fourth-order valence-electron chi connectivity index (χ4n) is 2.12. The van der Waals surface area contributed by atoms with Gasteiger partial charge in [0.05, 0.1) is 6.54 Å². The molecule has 1 amide bonds. The monoisotopic (exact) mass is 249 g/mol. The Balaban J connectivity index is 2.28. The Morgan fingerprint density at radius 3 is 2.83 bits per heavy atom. The topological polar surface area (TPSA) is 61.4 Å². The predicted molar refractivity (Wildman–Crippen MR) is 70.9 cm³/mol. The van der Waals surface area contributed by atoms with Gasteiger partial charge in [-0.25, -0.2) is 4.98 Å². The standard InChI is InChI=1S/C12H19N5O/c1-8-5-13-12(15-11(8)16(3)4)17-6-9(2)14-10(18)7-17/h5,9H,6-7H2,1-4H3,(H,14,18)/t9-/m0/s1. The van der Waals surface area contributed by atoms with Gasteiger partial charge in [0, 0.05) is 38.4 Å². The van der Waals surface area contributed by atoms with Crippen molar-refractivity contribution in [3.8, 4) is 0 Å². The fraction of sp³-hybridized carbons (Fsp3) is 0.583. The maximum absolute atomic E-state index is 11.5. The second-order valence-electron chi connectivity index (χ2n) is 4.92. The van der Waals surface area contributed by atoms with Crippen LogP contribution in [-0.2, 0) is 4.79 Å². The average Bonchev–Trinajstić information content (AvgIpc) is 2.27. The third kappa shape index (κ3) is 2.52. The quantitative estimate of drug-likeness (QED) is 0.810. The number of carbonyl (C=O) groups is 1. The molecule has 1 aromatic rings. The van der Waals surface area contributed by atoms with Crippen molar-refractivity contribution in [2.75, 3.05) is 37.0 Å². The molecular formula is C12H19N5O. The highest BCUT2D eigenvalue weighted by molar-refractivity contribution is 5.82. The lowest BCUT2D eigenvalue weighted by atomic mass is 10.2. The highest BCUT2D eigenvalue weighted by Crippen LogP contribution is 2.18. The summed E-state index contributed by atoms with van der Waals surface area (Å²) in [5, 5.41) is 2.88. The van der Waals surface area contributed by atoms with Crippen LogP contribution in [0.15, 0.2) is 6.20 Å². The van der Waals surface area contributed by atoms with Gasteiger partial charge in [-0.15, -0.1) is 0 Å². The van der Waals surface area contributed by atoms with Crippen LogP contribution in [0.25, 0.3) is 0 Å². The van der Waals surface area contributed by atoms with Gasteiger partial charge in [0.2, 0.25) is 11.9 Å². The molecule has 0 unspecified atom stereocenters. The van der Waals surface area contributed by atoms with Crippen LogP contribution in [0.1, 0.15) is 12.5 Å². The number of hydrogen-bond acceptors (Lipinski definition) is 5. The molecular weight excluding hydrogens is 230 g/mol. The molecule has 1 saturated heterocycles. The van der Waals surface area contributed by atoms with Crippen molar-refractivity contribution in [2.45, 2.75) is 19.9 Å². The van der Waals surface area contributed by atoms with E-state index >= 15 is 0 Å². The summed E-state index contributed by atoms with van der Waals surface area (Å²) >= 11 is 0. The minimum absolute atomic E-state index is 0.0179. The van der Waals surface area contributed by atoms with Crippen molar-refractivity contribution in [1.29, 1.82) is 0 Å². The Morgan fingerprint density at radius 1 is 1.50 bits per heavy atom. The molecule has 1 aliphatic rings. The number of rotatable bonds is 2. The van der Waals surface area contributed by atoms with E-state index in [1.54, 1.807) is 6.20 Å². The summed E-state index contributed by atoms with van der Waals surface area (Å²) in [6.45, 7) is 5.01. The number of piperazine rings is 1. The summed E-state index contributed by atoms with van der Waals surface area (Å²) in [7, 11) is 3.90. The third-order valence-corrected chi connectivity index (χ3v) is 2.87. The molecule has 18 heavy (non-hydrogen) atoms. The van der Waals surface area contributed by atoms with Crippen LogP contribution in [0.3, 0.4) is 0 Å². The third-order valence-electron chi connectivity index (χ3n) is 2.87. The molecule has 98 valence electrons. The van der Waals surface area contributed by atoms with Crippen molar-refractivity contribution in [3.05, 3.63) is 11.8 Å². The number of amides is 1. The van der Waals surface area contributed by atoms with E-state index < -0.39 is 0 Å². The molecule has 0 aromatic carbocycles. The summed E-state index contributed by atoms with van der Waals surface area (Å²) < 4.78 is 0. The van der Waals surface area contributed by atoms with E-state index in [0.29, 0.717) is 12.5 Å². The molecule has 0 bridgehead atoms. The van der Waals surface area contributed by atoms with Crippen LogP contribution in [0.4, 0.5) is 11.8 Å². The van der Waals surface area contributed by atoms with Gasteiger partial charge in [0.1, 0.15) is 5.82 Å². The molecule has 0 aliphatic carbocycles. The van der Waals surface area contributed by atoms with Gasteiger partial charge in [0.15, 0.2) is 0 Å². The minimum Gasteiger partial charge on any atom is -0.362 e. The molecule has 0 spiro atoms. The molecule has 0 radical (unpaired) electrons. The molecule has 1 atom stereocenters. The van der Waals surface area contributed by atoms with E-state index in [2.05, 4.69) is 15.3 Å². The Morgan fingerprint density at radius 2 is 2.22 bits per heavy atom. The molecule has 6 heteroatoms. The number of aromatic nitrogens is 2. The molecule has 1 N–H and O–H groups in total. The summed E-state index contributed by atoms with van der Waals surface area (Å²) in [5.41, 5.74) is 1.03. The zero-order valence-electron chi connectivity index (χ0n) is 11.3. The molecule has 0 saturated carbocycles. The molecule has 2 rings (SSSR count). The summed E-state index contributed by atoms with van der Waals surface area (Å²) in [4.78, 5) is 24.2. The van der Waals surface area contributed by atoms with Crippen LogP contribution in [0.2, 0.25) is 0 Å². The molecule has 1 aliphatic heterocycles. The highest BCUT2D eigenvalue weighted by Gasteiger charge is 2.24. The maximum Gasteiger partial charge on any atom is 0.239 e. The van der Waals surface area contributed by atoms with Gasteiger partial charge in [-0.2, -0.15) is 4.98 Å². The molecule has 1 fully saturated rings. The van der Waals surface area contributed by atoms with Gasteiger partial charge in [-0.3, -0.25) is 4.79 Å². The second-order valence-corrected chi connectivity index (χ2v) is 4.92. The maximum atomic E-state index is 11.5. The van der Waals surface area contributed by atoms with Crippen molar-refractivity contribution in [1.82, 2.24) is 15.3 Å². The lowest BCUT2D eigenvalue weighted by Crippen LogP contribution is -2.53. The van der Waals surface area contributed by atoms with Gasteiger partial charge in [-0.05, 0) is 13.8 Å². The lowest BCUT2D eigenvalue weighted by Gasteiger charge is -2.31. The van der Waals surface area contributed by atoms with Crippen LogP contribution < -0.4 is 15.1 Å². The fourth-order valence-corrected chi connectivity index (χ4v) is 2.12. The number of nitrogens with zero attached hydrogens (tertiary/aromatic N) is 4. The van der Waals surface area contributed by atoms with Crippen molar-refractivity contribution >= 4 is 17.7 Å². The summed E-state index contributed by atoms with van der Waals surface area (Å²) in [6.07, 6.45) is 1.80. The van der Waals surface area contributed by atoms with E-state index in [1.165, 1.54) is 0 Å². The van der Waals surface area contributed by atoms with Gasteiger partial charge >= 0.3 is 0 Å². The normalized spacial score (nSPS) is 19.7. The Labute approximate surface area is 107 Å². The van der Waals surface area contributed by atoms with E-state index in [4.69, 9.17) is 0 Å². The first-order chi connectivity index (χ1) is 8.47. The summed E-state index contributed by atoms with van der Waals surface area (Å²) in [6, 6.07) is 0.124. The van der Waals surface area contributed by atoms with Crippen molar-refractivity contribution < 1.29 is 4.79 Å². The van der Waals surface area contributed by atoms with Gasteiger partial charge < -0.3 is 15.1 Å². The lowest BCUT2D eigenvalue weighted by molar-refractivity contribution is -0.121. The Bertz CT molecular complexity index is 460. The summed E-state index contributed by atoms with van der Waals surface area (Å²) in [5.74, 6) is 1.52. The number of aryl methyl sites for hydroxylation is 1. The first-order valence-corrected chi connectivity index (χ1v) is 6.02. The van der Waals surface area contributed by atoms with E-state index in [9.17, 15) is 4.79 Å². The number of nitrogens with one attached hydrogen (secondary N) is 1. The zero-order valence-corrected chi connectivity index (χ0v) is 11.3. The predicted octanol–water partition coefficient (Wildman–Crippen LogP) is 0.176.